The molecule has 0 spiro atoms. The van der Waals surface area contributed by atoms with Gasteiger partial charge in [0, 0.05) is 54.1 Å². The molecule has 1 saturated carbocycles. The lowest BCUT2D eigenvalue weighted by Gasteiger charge is -2.09. The number of carbonyl (C=O) groups is 1. The van der Waals surface area contributed by atoms with Crippen molar-refractivity contribution in [2.24, 2.45) is 13.0 Å². The Labute approximate surface area is 173 Å². The van der Waals surface area contributed by atoms with Crippen LogP contribution in [-0.4, -0.2) is 32.7 Å². The first kappa shape index (κ1) is 18.1. The van der Waals surface area contributed by atoms with Crippen molar-refractivity contribution in [2.75, 3.05) is 17.7 Å². The smallest absolute Gasteiger partial charge is 0.228 e. The molecule has 1 aromatic carbocycles. The summed E-state index contributed by atoms with van der Waals surface area (Å²) in [6.45, 7) is 0. The minimum Gasteiger partial charge on any atom is -0.373 e. The third kappa shape index (κ3) is 3.33. The Morgan fingerprint density at radius 1 is 1.10 bits per heavy atom. The van der Waals surface area contributed by atoms with Crippen molar-refractivity contribution in [2.45, 2.75) is 12.8 Å². The fraction of sp³-hybridized carbons (Fsp3) is 0.217. The zero-order chi connectivity index (χ0) is 20.7. The maximum atomic E-state index is 12.1. The number of aryl methyl sites for hydroxylation is 1. The van der Waals surface area contributed by atoms with Crippen molar-refractivity contribution < 1.29 is 4.79 Å². The van der Waals surface area contributed by atoms with Crippen molar-refractivity contribution >= 4 is 39.2 Å². The Morgan fingerprint density at radius 3 is 2.77 bits per heavy atom. The van der Waals surface area contributed by atoms with Crippen molar-refractivity contribution in [3.8, 4) is 11.8 Å². The molecule has 5 rings (SSSR count). The van der Waals surface area contributed by atoms with Gasteiger partial charge < -0.3 is 10.6 Å². The summed E-state index contributed by atoms with van der Waals surface area (Å²) in [6.07, 6.45) is 7.21. The molecule has 148 valence electrons. The summed E-state index contributed by atoms with van der Waals surface area (Å²) < 4.78 is 1.83. The number of hydrogen-bond donors (Lipinski definition) is 2. The zero-order valence-electron chi connectivity index (χ0n) is 16.7. The van der Waals surface area contributed by atoms with Crippen molar-refractivity contribution in [3.05, 3.63) is 54.0 Å². The molecular weight excluding hydrogens is 376 g/mol. The van der Waals surface area contributed by atoms with Crippen LogP contribution in [0.15, 0.2) is 42.9 Å². The molecule has 3 heterocycles. The molecule has 7 heteroatoms. The topological polar surface area (TPSA) is 84.7 Å². The van der Waals surface area contributed by atoms with Gasteiger partial charge in [0.05, 0.1) is 17.3 Å². The largest absolute Gasteiger partial charge is 0.373 e. The lowest BCUT2D eigenvalue weighted by atomic mass is 10.1. The van der Waals surface area contributed by atoms with E-state index in [1.807, 2.05) is 49.2 Å². The van der Waals surface area contributed by atoms with Crippen LogP contribution in [-0.2, 0) is 11.8 Å². The van der Waals surface area contributed by atoms with Crippen LogP contribution in [0.5, 0.6) is 0 Å². The van der Waals surface area contributed by atoms with E-state index in [0.29, 0.717) is 5.82 Å². The first-order valence-electron chi connectivity index (χ1n) is 9.83. The number of carbonyl (C=O) groups excluding carboxylic acids is 1. The summed E-state index contributed by atoms with van der Waals surface area (Å²) in [7, 11) is 3.73. The molecule has 0 aliphatic heterocycles. The maximum absolute atomic E-state index is 12.1. The van der Waals surface area contributed by atoms with E-state index in [1.54, 1.807) is 12.4 Å². The molecule has 0 atom stereocenters. The molecule has 0 radical (unpaired) electrons. The van der Waals surface area contributed by atoms with Crippen LogP contribution in [0, 0.1) is 17.8 Å². The number of amides is 1. The van der Waals surface area contributed by atoms with Crippen molar-refractivity contribution in [1.29, 1.82) is 0 Å². The predicted molar refractivity (Wildman–Crippen MR) is 117 cm³/mol. The van der Waals surface area contributed by atoms with Gasteiger partial charge in [0.2, 0.25) is 5.91 Å². The minimum atomic E-state index is 0.0295. The van der Waals surface area contributed by atoms with Gasteiger partial charge in [-0.05, 0) is 37.1 Å². The molecule has 0 bridgehead atoms. The Balaban J connectivity index is 1.56. The Morgan fingerprint density at radius 2 is 1.97 bits per heavy atom. The summed E-state index contributed by atoms with van der Waals surface area (Å²) in [4.78, 5) is 21.0. The van der Waals surface area contributed by atoms with Crippen molar-refractivity contribution in [1.82, 2.24) is 19.7 Å². The van der Waals surface area contributed by atoms with Gasteiger partial charge in [-0.1, -0.05) is 11.8 Å². The van der Waals surface area contributed by atoms with Crippen molar-refractivity contribution in [3.63, 3.8) is 0 Å². The predicted octanol–water partition coefficient (Wildman–Crippen LogP) is 3.31. The highest BCUT2D eigenvalue weighted by Crippen LogP contribution is 2.31. The van der Waals surface area contributed by atoms with Gasteiger partial charge in [0.15, 0.2) is 0 Å². The molecule has 3 aromatic heterocycles. The highest BCUT2D eigenvalue weighted by atomic mass is 16.2. The summed E-state index contributed by atoms with van der Waals surface area (Å²) in [5.74, 6) is 7.87. The van der Waals surface area contributed by atoms with Gasteiger partial charge in [0.25, 0.3) is 0 Å². The standard InChI is InChI=1S/C23H20N6O/c1-24-22-19-13-25-21(28-23(30)15-7-8-15)10-18(19)16(11-26-22)5-3-14-4-6-17-12-27-29(2)20(17)9-14/h4,6,9-13,15H,7-8H2,1-2H3,(H,24,26)(H,25,28,30). The number of nitrogens with zero attached hydrogens (tertiary/aromatic N) is 4. The zero-order valence-corrected chi connectivity index (χ0v) is 16.7. The molecule has 0 saturated heterocycles. The summed E-state index contributed by atoms with van der Waals surface area (Å²) in [5.41, 5.74) is 2.70. The first-order valence-corrected chi connectivity index (χ1v) is 9.83. The van der Waals surface area contributed by atoms with E-state index in [-0.39, 0.29) is 11.8 Å². The van der Waals surface area contributed by atoms with Gasteiger partial charge in [-0.25, -0.2) is 9.97 Å². The van der Waals surface area contributed by atoms with E-state index in [9.17, 15) is 4.79 Å². The third-order valence-corrected chi connectivity index (χ3v) is 5.30. The number of pyridine rings is 2. The van der Waals surface area contributed by atoms with E-state index in [0.717, 1.165) is 51.5 Å². The van der Waals surface area contributed by atoms with Crippen LogP contribution in [0.1, 0.15) is 24.0 Å². The molecule has 1 fully saturated rings. The number of benzene rings is 1. The minimum absolute atomic E-state index is 0.0295. The van der Waals surface area contributed by atoms with Crippen LogP contribution in [0.3, 0.4) is 0 Å². The van der Waals surface area contributed by atoms with Crippen LogP contribution in [0.25, 0.3) is 21.7 Å². The molecule has 30 heavy (non-hydrogen) atoms. The first-order chi connectivity index (χ1) is 14.6. The lowest BCUT2D eigenvalue weighted by Crippen LogP contribution is -2.14. The van der Waals surface area contributed by atoms with Crippen LogP contribution in [0.4, 0.5) is 11.6 Å². The fourth-order valence-corrected chi connectivity index (χ4v) is 3.44. The second-order valence-corrected chi connectivity index (χ2v) is 7.44. The highest BCUT2D eigenvalue weighted by molar-refractivity contribution is 5.99. The SMILES string of the molecule is CNc1ncc(C#Cc2ccc3cnn(C)c3c2)c2cc(NC(=O)C3CC3)ncc12. The number of fused-ring (bicyclic) bond motifs is 2. The normalized spacial score (nSPS) is 13.1. The van der Waals surface area contributed by atoms with E-state index in [1.165, 1.54) is 0 Å². The van der Waals surface area contributed by atoms with Gasteiger partial charge in [-0.3, -0.25) is 9.48 Å². The monoisotopic (exact) mass is 396 g/mol. The number of hydrogen-bond acceptors (Lipinski definition) is 5. The highest BCUT2D eigenvalue weighted by Gasteiger charge is 2.29. The van der Waals surface area contributed by atoms with Gasteiger partial charge in [0.1, 0.15) is 11.6 Å². The van der Waals surface area contributed by atoms with E-state index < -0.39 is 0 Å². The quantitative estimate of drug-likeness (QED) is 0.519. The van der Waals surface area contributed by atoms with E-state index in [4.69, 9.17) is 0 Å². The molecule has 4 aromatic rings. The molecule has 0 unspecified atom stereocenters. The van der Waals surface area contributed by atoms with E-state index >= 15 is 0 Å². The maximum Gasteiger partial charge on any atom is 0.228 e. The molecule has 7 nitrogen and oxygen atoms in total. The van der Waals surface area contributed by atoms with Crippen LogP contribution < -0.4 is 10.6 Å². The number of nitrogens with one attached hydrogen (secondary N) is 2. The Hall–Kier alpha value is -3.92. The Bertz CT molecular complexity index is 1360. The number of anilines is 2. The molecule has 1 aliphatic rings. The summed E-state index contributed by atoms with van der Waals surface area (Å²) >= 11 is 0. The Kier molecular flexibility index (Phi) is 4.32. The second kappa shape index (κ2) is 7.16. The fourth-order valence-electron chi connectivity index (χ4n) is 3.44. The lowest BCUT2D eigenvalue weighted by molar-refractivity contribution is -0.117. The third-order valence-electron chi connectivity index (χ3n) is 5.30. The molecule has 2 N–H and O–H groups in total. The molecular formula is C23H20N6O. The van der Waals surface area contributed by atoms with Gasteiger partial charge >= 0.3 is 0 Å². The van der Waals surface area contributed by atoms with Gasteiger partial charge in [-0.15, -0.1) is 0 Å². The van der Waals surface area contributed by atoms with Gasteiger partial charge in [-0.2, -0.15) is 5.10 Å². The second-order valence-electron chi connectivity index (χ2n) is 7.44. The molecule has 1 aliphatic carbocycles. The molecule has 1 amide bonds. The number of rotatable bonds is 3. The average molecular weight is 396 g/mol. The number of aromatic nitrogens is 4. The van der Waals surface area contributed by atoms with Crippen LogP contribution in [0.2, 0.25) is 0 Å². The average Bonchev–Trinajstić information content (AvgIpc) is 3.56. The summed E-state index contributed by atoms with van der Waals surface area (Å²) in [5, 5.41) is 13.1. The summed E-state index contributed by atoms with van der Waals surface area (Å²) in [6, 6.07) is 7.89. The van der Waals surface area contributed by atoms with Crippen LogP contribution >= 0.6 is 0 Å². The van der Waals surface area contributed by atoms with E-state index in [2.05, 4.69) is 37.5 Å².